The minimum atomic E-state index is 1.20. The second kappa shape index (κ2) is 7.63. The predicted octanol–water partition coefficient (Wildman–Crippen LogP) is 4.08. The number of hydrogen-bond acceptors (Lipinski definition) is 0. The molecule has 0 heteroatoms. The zero-order valence-corrected chi connectivity index (χ0v) is 8.11. The van der Waals surface area contributed by atoms with Gasteiger partial charge in [0.2, 0.25) is 0 Å². The van der Waals surface area contributed by atoms with Gasteiger partial charge in [0.25, 0.3) is 0 Å². The van der Waals surface area contributed by atoms with E-state index in [2.05, 4.69) is 32.6 Å². The van der Waals surface area contributed by atoms with Gasteiger partial charge < -0.3 is 0 Å². The molecule has 0 fully saturated rings. The van der Waals surface area contributed by atoms with Crippen molar-refractivity contribution in [3.63, 3.8) is 0 Å². The Morgan fingerprint density at radius 1 is 1.18 bits per heavy atom. The van der Waals surface area contributed by atoms with Crippen LogP contribution in [0.5, 0.6) is 0 Å². The smallest absolute Gasteiger partial charge is 0.0274 e. The number of rotatable bonds is 5. The van der Waals surface area contributed by atoms with Crippen LogP contribution >= 0.6 is 0 Å². The van der Waals surface area contributed by atoms with Gasteiger partial charge in [0.1, 0.15) is 0 Å². The molecule has 0 spiro atoms. The molecule has 64 valence electrons. The highest BCUT2D eigenvalue weighted by Gasteiger charge is 1.82. The van der Waals surface area contributed by atoms with Gasteiger partial charge in [-0.3, -0.25) is 0 Å². The summed E-state index contributed by atoms with van der Waals surface area (Å²) in [5.74, 6) is 0. The van der Waals surface area contributed by atoms with Crippen LogP contribution in [0.25, 0.3) is 0 Å². The lowest BCUT2D eigenvalue weighted by molar-refractivity contribution is 0.674. The highest BCUT2D eigenvalue weighted by Crippen LogP contribution is 2.02. The van der Waals surface area contributed by atoms with Crippen LogP contribution in [0.15, 0.2) is 17.4 Å². The summed E-state index contributed by atoms with van der Waals surface area (Å²) in [5.41, 5.74) is 4.49. The van der Waals surface area contributed by atoms with E-state index in [0.29, 0.717) is 0 Å². The van der Waals surface area contributed by atoms with Crippen molar-refractivity contribution in [3.8, 4) is 0 Å². The van der Waals surface area contributed by atoms with Gasteiger partial charge in [-0.25, -0.2) is 0 Å². The first-order valence-electron chi connectivity index (χ1n) is 4.65. The van der Waals surface area contributed by atoms with Crippen molar-refractivity contribution in [2.45, 2.75) is 52.9 Å². The Kier molecular flexibility index (Phi) is 7.29. The number of unbranched alkanes of at least 4 members (excludes halogenated alkanes) is 4. The van der Waals surface area contributed by atoms with Crippen LogP contribution < -0.4 is 0 Å². The van der Waals surface area contributed by atoms with Crippen molar-refractivity contribution in [1.29, 1.82) is 0 Å². The van der Waals surface area contributed by atoms with E-state index in [9.17, 15) is 0 Å². The Morgan fingerprint density at radius 3 is 2.45 bits per heavy atom. The van der Waals surface area contributed by atoms with Gasteiger partial charge in [0, 0.05) is 0 Å². The Bertz CT molecular complexity index is 132. The van der Waals surface area contributed by atoms with E-state index in [4.69, 9.17) is 0 Å². The van der Waals surface area contributed by atoms with E-state index in [1.807, 2.05) is 0 Å². The van der Waals surface area contributed by atoms with Gasteiger partial charge in [-0.1, -0.05) is 26.2 Å². The molecule has 0 bridgehead atoms. The molecule has 0 radical (unpaired) electrons. The SMILES string of the molecule is CCCCCCC=C=C(C)C. The third-order valence-corrected chi connectivity index (χ3v) is 1.59. The Balaban J connectivity index is 3.21. The zero-order valence-electron chi connectivity index (χ0n) is 8.11. The molecule has 0 aromatic heterocycles. The van der Waals surface area contributed by atoms with E-state index in [-0.39, 0.29) is 0 Å². The Morgan fingerprint density at radius 2 is 1.91 bits per heavy atom. The summed E-state index contributed by atoms with van der Waals surface area (Å²) in [6.07, 6.45) is 8.76. The molecule has 0 aliphatic heterocycles. The lowest BCUT2D eigenvalue weighted by Crippen LogP contribution is -1.72. The van der Waals surface area contributed by atoms with Crippen LogP contribution in [-0.2, 0) is 0 Å². The molecule has 0 N–H and O–H groups in total. The Hall–Kier alpha value is -0.480. The first kappa shape index (κ1) is 10.5. The fourth-order valence-corrected chi connectivity index (χ4v) is 0.949. The highest BCUT2D eigenvalue weighted by molar-refractivity contribution is 4.93. The molecule has 0 unspecified atom stereocenters. The van der Waals surface area contributed by atoms with Gasteiger partial charge in [-0.15, -0.1) is 5.73 Å². The molecular weight excluding hydrogens is 132 g/mol. The molecule has 0 aromatic carbocycles. The summed E-state index contributed by atoms with van der Waals surface area (Å²) in [7, 11) is 0. The summed E-state index contributed by atoms with van der Waals surface area (Å²) < 4.78 is 0. The molecule has 0 saturated carbocycles. The molecule has 0 rings (SSSR count). The van der Waals surface area contributed by atoms with Crippen molar-refractivity contribution in [3.05, 3.63) is 17.4 Å². The second-order valence-electron chi connectivity index (χ2n) is 3.20. The van der Waals surface area contributed by atoms with E-state index in [0.717, 1.165) is 0 Å². The third-order valence-electron chi connectivity index (χ3n) is 1.59. The van der Waals surface area contributed by atoms with Crippen LogP contribution in [-0.4, -0.2) is 0 Å². The standard InChI is InChI=1S/C11H20/c1-4-5-6-7-8-9-10-11(2)3/h9H,4-8H2,1-3H3. The summed E-state index contributed by atoms with van der Waals surface area (Å²) in [6, 6.07) is 0. The summed E-state index contributed by atoms with van der Waals surface area (Å²) in [5, 5.41) is 0. The molecule has 0 aliphatic rings. The van der Waals surface area contributed by atoms with Crippen molar-refractivity contribution in [2.75, 3.05) is 0 Å². The fourth-order valence-electron chi connectivity index (χ4n) is 0.949. The lowest BCUT2D eigenvalue weighted by atomic mass is 10.1. The van der Waals surface area contributed by atoms with E-state index in [1.165, 1.54) is 37.7 Å². The molecule has 0 nitrogen and oxygen atoms in total. The van der Waals surface area contributed by atoms with Gasteiger partial charge in [-0.2, -0.15) is 0 Å². The maximum absolute atomic E-state index is 3.21. The average Bonchev–Trinajstić information content (AvgIpc) is 1.96. The van der Waals surface area contributed by atoms with Crippen LogP contribution in [0.1, 0.15) is 52.9 Å². The topological polar surface area (TPSA) is 0 Å². The minimum absolute atomic E-state index is 1.20. The molecule has 0 aromatic rings. The van der Waals surface area contributed by atoms with Crippen LogP contribution in [0.3, 0.4) is 0 Å². The lowest BCUT2D eigenvalue weighted by Gasteiger charge is -1.92. The van der Waals surface area contributed by atoms with Crippen molar-refractivity contribution >= 4 is 0 Å². The van der Waals surface area contributed by atoms with Gasteiger partial charge in [0.05, 0.1) is 0 Å². The maximum Gasteiger partial charge on any atom is -0.0274 e. The van der Waals surface area contributed by atoms with Crippen molar-refractivity contribution in [2.24, 2.45) is 0 Å². The molecule has 11 heavy (non-hydrogen) atoms. The van der Waals surface area contributed by atoms with E-state index >= 15 is 0 Å². The van der Waals surface area contributed by atoms with Gasteiger partial charge in [0.15, 0.2) is 0 Å². The first-order chi connectivity index (χ1) is 5.27. The average molecular weight is 152 g/mol. The Labute approximate surface area is 71.0 Å². The van der Waals surface area contributed by atoms with Gasteiger partial charge >= 0.3 is 0 Å². The molecule has 0 amide bonds. The highest BCUT2D eigenvalue weighted by atomic mass is 13.9. The van der Waals surface area contributed by atoms with Crippen LogP contribution in [0.4, 0.5) is 0 Å². The minimum Gasteiger partial charge on any atom is -0.127 e. The fraction of sp³-hybridized carbons (Fsp3) is 0.727. The van der Waals surface area contributed by atoms with Gasteiger partial charge in [-0.05, 0) is 38.3 Å². The summed E-state index contributed by atoms with van der Waals surface area (Å²) in [6.45, 7) is 6.41. The second-order valence-corrected chi connectivity index (χ2v) is 3.20. The monoisotopic (exact) mass is 152 g/mol. The number of allylic oxidation sites excluding steroid dienone is 1. The number of hydrogen-bond donors (Lipinski definition) is 0. The molecule has 0 atom stereocenters. The summed E-state index contributed by atoms with van der Waals surface area (Å²) >= 11 is 0. The maximum atomic E-state index is 3.21. The third kappa shape index (κ3) is 9.52. The van der Waals surface area contributed by atoms with Crippen molar-refractivity contribution in [1.82, 2.24) is 0 Å². The predicted molar refractivity (Wildman–Crippen MR) is 51.7 cm³/mol. The van der Waals surface area contributed by atoms with Crippen LogP contribution in [0, 0.1) is 0 Å². The molecule has 0 heterocycles. The van der Waals surface area contributed by atoms with E-state index < -0.39 is 0 Å². The first-order valence-corrected chi connectivity index (χ1v) is 4.65. The van der Waals surface area contributed by atoms with E-state index in [1.54, 1.807) is 0 Å². The molecular formula is C11H20. The van der Waals surface area contributed by atoms with Crippen molar-refractivity contribution < 1.29 is 0 Å². The normalized spacial score (nSPS) is 9.00. The van der Waals surface area contributed by atoms with Crippen LogP contribution in [0.2, 0.25) is 0 Å². The summed E-state index contributed by atoms with van der Waals surface area (Å²) in [4.78, 5) is 0. The molecule has 0 aliphatic carbocycles. The zero-order chi connectivity index (χ0) is 8.53. The molecule has 0 saturated heterocycles. The quantitative estimate of drug-likeness (QED) is 0.411. The largest absolute Gasteiger partial charge is 0.127 e.